The standard InChI is InChI=1S/C7H13NO4S.C4H4O4.C3H4O2/c1-4-6(9)8-7(2,3)5-13(10,11)12;5-3(6)1-2-4(7)8;1-2-3(4)5/h4H,1,5H2,2-3H3,(H,8,9)(H,10,11,12);1-2H,(H,5,6)(H,7,8);2H,1H2,(H,4,5)/b;2-1-;. The molecule has 0 aliphatic carbocycles. The molecule has 0 bridgehead atoms. The summed E-state index contributed by atoms with van der Waals surface area (Å²) in [6, 6.07) is 0. The van der Waals surface area contributed by atoms with Crippen LogP contribution in [0.25, 0.3) is 0 Å². The lowest BCUT2D eigenvalue weighted by atomic mass is 10.1. The molecule has 0 spiro atoms. The van der Waals surface area contributed by atoms with E-state index in [1.807, 2.05) is 0 Å². The molecule has 0 radical (unpaired) electrons. The molecule has 0 unspecified atom stereocenters. The second-order valence-corrected chi connectivity index (χ2v) is 6.31. The van der Waals surface area contributed by atoms with Gasteiger partial charge in [0, 0.05) is 18.2 Å². The van der Waals surface area contributed by atoms with Crippen molar-refractivity contribution in [1.29, 1.82) is 0 Å². The Labute approximate surface area is 150 Å². The minimum Gasteiger partial charge on any atom is -0.478 e. The van der Waals surface area contributed by atoms with Gasteiger partial charge >= 0.3 is 17.9 Å². The summed E-state index contributed by atoms with van der Waals surface area (Å²) in [5.41, 5.74) is -1.00. The van der Waals surface area contributed by atoms with Crippen LogP contribution in [0.3, 0.4) is 0 Å². The van der Waals surface area contributed by atoms with Crippen LogP contribution in [0, 0.1) is 0 Å². The van der Waals surface area contributed by atoms with Gasteiger partial charge in [0.2, 0.25) is 5.91 Å². The molecule has 0 aromatic carbocycles. The first-order valence-corrected chi connectivity index (χ1v) is 8.06. The second kappa shape index (κ2) is 13.3. The molecule has 0 atom stereocenters. The molecular weight excluding hydrogens is 374 g/mol. The van der Waals surface area contributed by atoms with E-state index in [9.17, 15) is 27.6 Å². The highest BCUT2D eigenvalue weighted by molar-refractivity contribution is 7.85. The number of hydrogen-bond donors (Lipinski definition) is 5. The monoisotopic (exact) mass is 395 g/mol. The van der Waals surface area contributed by atoms with Crippen LogP contribution in [-0.4, -0.2) is 63.4 Å². The van der Waals surface area contributed by atoms with Crippen molar-refractivity contribution in [3.8, 4) is 0 Å². The molecule has 11 nitrogen and oxygen atoms in total. The number of nitrogens with one attached hydrogen (secondary N) is 1. The predicted octanol–water partition coefficient (Wildman–Crippen LogP) is -0.0762. The Morgan fingerprint density at radius 3 is 1.46 bits per heavy atom. The van der Waals surface area contributed by atoms with Gasteiger partial charge < -0.3 is 20.6 Å². The van der Waals surface area contributed by atoms with Crippen molar-refractivity contribution < 1.29 is 47.5 Å². The zero-order chi connectivity index (χ0) is 21.6. The summed E-state index contributed by atoms with van der Waals surface area (Å²) in [5.74, 6) is -4.50. The van der Waals surface area contributed by atoms with E-state index < -0.39 is 45.2 Å². The van der Waals surface area contributed by atoms with Gasteiger partial charge in [-0.3, -0.25) is 9.35 Å². The third-order valence-electron chi connectivity index (χ3n) is 1.73. The van der Waals surface area contributed by atoms with Crippen LogP contribution in [0.2, 0.25) is 0 Å². The third kappa shape index (κ3) is 29.1. The Morgan fingerprint density at radius 1 is 0.923 bits per heavy atom. The van der Waals surface area contributed by atoms with Crippen molar-refractivity contribution in [2.45, 2.75) is 19.4 Å². The molecule has 26 heavy (non-hydrogen) atoms. The van der Waals surface area contributed by atoms with Gasteiger partial charge in [-0.1, -0.05) is 13.2 Å². The lowest BCUT2D eigenvalue weighted by molar-refractivity contribution is -0.134. The predicted molar refractivity (Wildman–Crippen MR) is 91.1 cm³/mol. The smallest absolute Gasteiger partial charge is 0.328 e. The summed E-state index contributed by atoms with van der Waals surface area (Å²) in [6.07, 6.45) is 2.98. The highest BCUT2D eigenvalue weighted by Crippen LogP contribution is 2.05. The quantitative estimate of drug-likeness (QED) is 0.287. The summed E-state index contributed by atoms with van der Waals surface area (Å²) in [6.45, 7) is 9.15. The number of carbonyl (C=O) groups excluding carboxylic acids is 1. The molecule has 0 aromatic heterocycles. The van der Waals surface area contributed by atoms with Crippen LogP contribution in [-0.2, 0) is 29.3 Å². The van der Waals surface area contributed by atoms with Crippen molar-refractivity contribution in [2.24, 2.45) is 0 Å². The minimum absolute atomic E-state index is 0.478. The molecule has 0 heterocycles. The van der Waals surface area contributed by atoms with Crippen molar-refractivity contribution in [2.75, 3.05) is 5.75 Å². The van der Waals surface area contributed by atoms with Gasteiger partial charge in [0.15, 0.2) is 0 Å². The first kappa shape index (κ1) is 27.8. The number of rotatable bonds is 7. The zero-order valence-corrected chi connectivity index (χ0v) is 14.9. The molecule has 0 rings (SSSR count). The van der Waals surface area contributed by atoms with E-state index in [4.69, 9.17) is 19.9 Å². The van der Waals surface area contributed by atoms with Crippen molar-refractivity contribution >= 4 is 33.9 Å². The zero-order valence-electron chi connectivity index (χ0n) is 14.1. The van der Waals surface area contributed by atoms with Gasteiger partial charge in [0.1, 0.15) is 0 Å². The molecule has 0 aliphatic heterocycles. The van der Waals surface area contributed by atoms with E-state index in [0.29, 0.717) is 12.2 Å². The number of carbonyl (C=O) groups is 4. The van der Waals surface area contributed by atoms with E-state index in [2.05, 4.69) is 18.5 Å². The molecule has 5 N–H and O–H groups in total. The van der Waals surface area contributed by atoms with Gasteiger partial charge in [-0.15, -0.1) is 0 Å². The Morgan fingerprint density at radius 2 is 1.27 bits per heavy atom. The van der Waals surface area contributed by atoms with Gasteiger partial charge in [-0.25, -0.2) is 14.4 Å². The molecule has 0 saturated heterocycles. The molecular formula is C14H21NO10S. The van der Waals surface area contributed by atoms with Crippen molar-refractivity contribution in [3.05, 3.63) is 37.5 Å². The molecule has 12 heteroatoms. The van der Waals surface area contributed by atoms with Crippen molar-refractivity contribution in [1.82, 2.24) is 5.32 Å². The fraction of sp³-hybridized carbons (Fsp3) is 0.286. The number of aliphatic carboxylic acids is 3. The minimum atomic E-state index is -4.08. The van der Waals surface area contributed by atoms with Gasteiger partial charge in [0.25, 0.3) is 10.1 Å². The number of carboxylic acids is 3. The molecule has 0 aliphatic rings. The largest absolute Gasteiger partial charge is 0.478 e. The van der Waals surface area contributed by atoms with Crippen LogP contribution < -0.4 is 5.32 Å². The maximum absolute atomic E-state index is 10.8. The Balaban J connectivity index is -0.000000346. The Hall–Kier alpha value is -2.99. The highest BCUT2D eigenvalue weighted by Gasteiger charge is 2.25. The van der Waals surface area contributed by atoms with E-state index >= 15 is 0 Å². The molecule has 1 amide bonds. The molecule has 0 fully saturated rings. The highest BCUT2D eigenvalue weighted by atomic mass is 32.2. The normalized spacial score (nSPS) is 10.3. The van der Waals surface area contributed by atoms with Gasteiger partial charge in [-0.05, 0) is 19.9 Å². The van der Waals surface area contributed by atoms with E-state index in [1.165, 1.54) is 13.8 Å². The fourth-order valence-electron chi connectivity index (χ4n) is 1.02. The number of hydrogen-bond acceptors (Lipinski definition) is 6. The molecule has 148 valence electrons. The Bertz CT molecular complexity index is 645. The molecule has 0 saturated carbocycles. The van der Waals surface area contributed by atoms with E-state index in [-0.39, 0.29) is 0 Å². The second-order valence-electron chi connectivity index (χ2n) is 4.86. The fourth-order valence-corrected chi connectivity index (χ4v) is 2.00. The first-order valence-electron chi connectivity index (χ1n) is 6.45. The average Bonchev–Trinajstić information content (AvgIpc) is 2.43. The average molecular weight is 395 g/mol. The number of amides is 1. The maximum atomic E-state index is 10.8. The third-order valence-corrected chi connectivity index (χ3v) is 2.82. The summed E-state index contributed by atoms with van der Waals surface area (Å²) in [5, 5.41) is 25.6. The van der Waals surface area contributed by atoms with Crippen LogP contribution >= 0.6 is 0 Å². The van der Waals surface area contributed by atoms with Crippen molar-refractivity contribution in [3.63, 3.8) is 0 Å². The summed E-state index contributed by atoms with van der Waals surface area (Å²) < 4.78 is 29.5. The molecule has 0 aromatic rings. The first-order chi connectivity index (χ1) is 11.6. The lowest BCUT2D eigenvalue weighted by Gasteiger charge is -2.23. The SMILES string of the molecule is C=CC(=O)NC(C)(C)CS(=O)(=O)O.C=CC(=O)O.O=C(O)/C=C\C(=O)O. The number of carboxylic acid groups (broad SMARTS) is 3. The van der Waals surface area contributed by atoms with Crippen LogP contribution in [0.5, 0.6) is 0 Å². The summed E-state index contributed by atoms with van der Waals surface area (Å²) >= 11 is 0. The topological polar surface area (TPSA) is 195 Å². The van der Waals surface area contributed by atoms with Crippen LogP contribution in [0.1, 0.15) is 13.8 Å². The van der Waals surface area contributed by atoms with E-state index in [1.54, 1.807) is 0 Å². The van der Waals surface area contributed by atoms with E-state index in [0.717, 1.165) is 12.2 Å². The van der Waals surface area contributed by atoms with Gasteiger partial charge in [-0.2, -0.15) is 8.42 Å². The summed E-state index contributed by atoms with van der Waals surface area (Å²) in [4.78, 5) is 39.2. The lowest BCUT2D eigenvalue weighted by Crippen LogP contribution is -2.47. The van der Waals surface area contributed by atoms with Crippen LogP contribution in [0.4, 0.5) is 0 Å². The van der Waals surface area contributed by atoms with Crippen LogP contribution in [0.15, 0.2) is 37.5 Å². The van der Waals surface area contributed by atoms with Gasteiger partial charge in [0.05, 0.1) is 11.3 Å². The Kier molecular flexibility index (Phi) is 14.3. The summed E-state index contributed by atoms with van der Waals surface area (Å²) in [7, 11) is -4.08. The maximum Gasteiger partial charge on any atom is 0.328 e.